The lowest BCUT2D eigenvalue weighted by Gasteiger charge is -2.21. The van der Waals surface area contributed by atoms with E-state index in [-0.39, 0.29) is 25.7 Å². The van der Waals surface area contributed by atoms with Gasteiger partial charge in [-0.2, -0.15) is 0 Å². The lowest BCUT2D eigenvalue weighted by Crippen LogP contribution is -2.30. The first kappa shape index (κ1) is 103. The van der Waals surface area contributed by atoms with Gasteiger partial charge < -0.3 is 33.8 Å². The van der Waals surface area contributed by atoms with Crippen LogP contribution in [0.1, 0.15) is 272 Å². The van der Waals surface area contributed by atoms with Crippen molar-refractivity contribution in [2.24, 2.45) is 0 Å². The van der Waals surface area contributed by atoms with Crippen LogP contribution in [0.3, 0.4) is 0 Å². The summed E-state index contributed by atoms with van der Waals surface area (Å²) in [4.78, 5) is 73.1. The minimum Gasteiger partial charge on any atom is -0.462 e. The van der Waals surface area contributed by atoms with Crippen molar-refractivity contribution in [1.29, 1.82) is 0 Å². The molecule has 19 heteroatoms. The van der Waals surface area contributed by atoms with E-state index in [0.29, 0.717) is 44.9 Å². The SMILES string of the molecule is CC/C=C\C/C=C\C/C=C\C/C=C\C/C=C\C/C=C\CCC(=O)OCC(COP(=O)(O)OCC(O)COP(=O)(O)OCC(COC(=O)CCCCCCCC/C=C\C/C=C\C/C=C\CCCCC)OC(=O)CCC/C=C\C/C=C\C/C=C\C/C=C\C/C=C\CC)OC(=O)CCCC/C=C\C/C=C\C/C=C\C/C=C\CC. The van der Waals surface area contributed by atoms with Gasteiger partial charge >= 0.3 is 39.5 Å². The van der Waals surface area contributed by atoms with Crippen molar-refractivity contribution in [3.63, 3.8) is 0 Å². The number of esters is 4. The Morgan fingerprint density at radius 1 is 0.264 bits per heavy atom. The second-order valence-electron chi connectivity index (χ2n) is 26.2. The highest BCUT2D eigenvalue weighted by atomic mass is 31.2. The van der Waals surface area contributed by atoms with E-state index < -0.39 is 97.5 Å². The second kappa shape index (κ2) is 80.4. The van der Waals surface area contributed by atoms with E-state index in [1.807, 2.05) is 36.5 Å². The van der Waals surface area contributed by atoms with Crippen molar-refractivity contribution in [2.45, 2.75) is 290 Å². The lowest BCUT2D eigenvalue weighted by atomic mass is 10.1. The molecule has 618 valence electrons. The number of carbonyl (C=O) groups is 4. The van der Waals surface area contributed by atoms with Gasteiger partial charge in [0, 0.05) is 25.7 Å². The molecular formula is C91H142O17P2. The van der Waals surface area contributed by atoms with Crippen LogP contribution in [0.15, 0.2) is 219 Å². The van der Waals surface area contributed by atoms with Crippen LogP contribution < -0.4 is 0 Å². The normalized spacial score (nSPS) is 14.9. The van der Waals surface area contributed by atoms with Crippen molar-refractivity contribution < 1.29 is 80.2 Å². The highest BCUT2D eigenvalue weighted by Gasteiger charge is 2.30. The summed E-state index contributed by atoms with van der Waals surface area (Å²) in [5.74, 6) is -2.43. The average molecular weight is 1570 g/mol. The number of unbranched alkanes of at least 4 members (excludes halogenated alkanes) is 12. The van der Waals surface area contributed by atoms with Gasteiger partial charge in [-0.25, -0.2) is 9.13 Å². The van der Waals surface area contributed by atoms with Crippen LogP contribution in [-0.4, -0.2) is 96.7 Å². The third kappa shape index (κ3) is 79.5. The van der Waals surface area contributed by atoms with Crippen LogP contribution in [0, 0.1) is 0 Å². The zero-order valence-electron chi connectivity index (χ0n) is 67.6. The number of rotatable bonds is 74. The highest BCUT2D eigenvalue weighted by Crippen LogP contribution is 2.45. The molecule has 0 rings (SSSR count). The second-order valence-corrected chi connectivity index (χ2v) is 29.1. The Morgan fingerprint density at radius 2 is 0.500 bits per heavy atom. The molecule has 0 saturated carbocycles. The Bertz CT molecular complexity index is 2950. The smallest absolute Gasteiger partial charge is 0.462 e. The van der Waals surface area contributed by atoms with Gasteiger partial charge in [0.05, 0.1) is 26.4 Å². The highest BCUT2D eigenvalue weighted by molar-refractivity contribution is 7.47. The van der Waals surface area contributed by atoms with E-state index in [1.54, 1.807) is 0 Å². The number of phosphoric ester groups is 2. The van der Waals surface area contributed by atoms with Crippen LogP contribution in [-0.2, 0) is 65.4 Å². The predicted octanol–water partition coefficient (Wildman–Crippen LogP) is 24.4. The van der Waals surface area contributed by atoms with Gasteiger partial charge in [0.25, 0.3) is 0 Å². The fraction of sp³-hybridized carbons (Fsp3) is 0.560. The summed E-state index contributed by atoms with van der Waals surface area (Å²) >= 11 is 0. The Kier molecular flexibility index (Phi) is 75.6. The molecule has 0 aromatic rings. The van der Waals surface area contributed by atoms with Crippen LogP contribution in [0.25, 0.3) is 0 Å². The monoisotopic (exact) mass is 1570 g/mol. The van der Waals surface area contributed by atoms with E-state index in [0.717, 1.165) is 154 Å². The van der Waals surface area contributed by atoms with Crippen molar-refractivity contribution in [3.8, 4) is 0 Å². The fourth-order valence-electron chi connectivity index (χ4n) is 9.81. The maximum atomic E-state index is 13.1. The molecule has 0 fully saturated rings. The molecule has 0 aromatic carbocycles. The maximum absolute atomic E-state index is 13.1. The van der Waals surface area contributed by atoms with E-state index in [2.05, 4.69) is 210 Å². The molecule has 0 saturated heterocycles. The van der Waals surface area contributed by atoms with Crippen molar-refractivity contribution in [3.05, 3.63) is 219 Å². The van der Waals surface area contributed by atoms with Gasteiger partial charge in [-0.15, -0.1) is 0 Å². The molecular weight excluding hydrogens is 1430 g/mol. The minimum absolute atomic E-state index is 0.00143. The predicted molar refractivity (Wildman–Crippen MR) is 454 cm³/mol. The summed E-state index contributed by atoms with van der Waals surface area (Å²) in [6, 6.07) is 0. The number of carbonyl (C=O) groups excluding carboxylic acids is 4. The van der Waals surface area contributed by atoms with Gasteiger partial charge in [0.1, 0.15) is 19.3 Å². The molecule has 3 N–H and O–H groups in total. The lowest BCUT2D eigenvalue weighted by molar-refractivity contribution is -0.161. The molecule has 0 radical (unpaired) electrons. The fourth-order valence-corrected chi connectivity index (χ4v) is 11.4. The maximum Gasteiger partial charge on any atom is 0.472 e. The third-order valence-electron chi connectivity index (χ3n) is 15.9. The molecule has 0 heterocycles. The van der Waals surface area contributed by atoms with Crippen LogP contribution in [0.5, 0.6) is 0 Å². The van der Waals surface area contributed by atoms with Gasteiger partial charge in [0.15, 0.2) is 12.2 Å². The molecule has 0 bridgehead atoms. The molecule has 5 unspecified atom stereocenters. The Hall–Kier alpha value is -6.62. The van der Waals surface area contributed by atoms with Gasteiger partial charge in [0.2, 0.25) is 0 Å². The summed E-state index contributed by atoms with van der Waals surface area (Å²) in [6.45, 7) is 4.25. The molecule has 0 aliphatic carbocycles. The van der Waals surface area contributed by atoms with E-state index >= 15 is 0 Å². The molecule has 0 amide bonds. The number of hydrogen-bond donors (Lipinski definition) is 3. The Labute approximate surface area is 664 Å². The number of phosphoric acid groups is 2. The molecule has 110 heavy (non-hydrogen) atoms. The number of aliphatic hydroxyl groups excluding tert-OH is 1. The zero-order chi connectivity index (χ0) is 80.3. The molecule has 0 aromatic heterocycles. The van der Waals surface area contributed by atoms with Crippen molar-refractivity contribution in [1.82, 2.24) is 0 Å². The largest absolute Gasteiger partial charge is 0.472 e. The van der Waals surface area contributed by atoms with Gasteiger partial charge in [-0.3, -0.25) is 37.3 Å². The first-order chi connectivity index (χ1) is 53.7. The Morgan fingerprint density at radius 3 is 0.836 bits per heavy atom. The van der Waals surface area contributed by atoms with E-state index in [9.17, 15) is 43.2 Å². The summed E-state index contributed by atoms with van der Waals surface area (Å²) < 4.78 is 68.5. The first-order valence-corrected chi connectivity index (χ1v) is 44.0. The third-order valence-corrected chi connectivity index (χ3v) is 17.8. The number of allylic oxidation sites excluding steroid dienone is 36. The van der Waals surface area contributed by atoms with Crippen molar-refractivity contribution >= 4 is 39.5 Å². The average Bonchev–Trinajstić information content (AvgIpc) is 0.899. The van der Waals surface area contributed by atoms with Crippen LogP contribution in [0.4, 0.5) is 0 Å². The molecule has 17 nitrogen and oxygen atoms in total. The van der Waals surface area contributed by atoms with Crippen LogP contribution in [0.2, 0.25) is 0 Å². The van der Waals surface area contributed by atoms with E-state index in [1.165, 1.54) is 19.3 Å². The number of hydrogen-bond acceptors (Lipinski definition) is 15. The number of aliphatic hydroxyl groups is 1. The quantitative estimate of drug-likeness (QED) is 0.0169. The molecule has 5 atom stereocenters. The van der Waals surface area contributed by atoms with Gasteiger partial charge in [-0.05, 0) is 180 Å². The first-order valence-electron chi connectivity index (χ1n) is 41.0. The topological polar surface area (TPSA) is 237 Å². The molecule has 0 aliphatic heterocycles. The Balaban J connectivity index is 5.56. The summed E-state index contributed by atoms with van der Waals surface area (Å²) in [5.41, 5.74) is 0. The summed E-state index contributed by atoms with van der Waals surface area (Å²) in [5, 5.41) is 10.7. The van der Waals surface area contributed by atoms with Gasteiger partial charge in [-0.1, -0.05) is 285 Å². The minimum atomic E-state index is -5.03. The summed E-state index contributed by atoms with van der Waals surface area (Å²) in [6.07, 6.45) is 102. The molecule has 0 aliphatic rings. The van der Waals surface area contributed by atoms with E-state index in [4.69, 9.17) is 37.0 Å². The zero-order valence-corrected chi connectivity index (χ0v) is 69.4. The number of ether oxygens (including phenoxy) is 4. The summed E-state index contributed by atoms with van der Waals surface area (Å²) in [7, 11) is -10.0. The van der Waals surface area contributed by atoms with Crippen LogP contribution >= 0.6 is 15.6 Å². The van der Waals surface area contributed by atoms with Crippen molar-refractivity contribution in [2.75, 3.05) is 39.6 Å². The standard InChI is InChI=1S/C91H142O17P2/c1-5-9-13-17-21-25-29-33-37-40-42-45-48-51-55-59-63-67-71-75-88(93)101-81-86(107-90(95)77-73-69-65-61-57-53-47-36-32-28-24-20-16-12-8-4)83-105-109(97,98)103-79-85(92)80-104-110(99,100)106-84-87(108-91(96)78-74-70-66-62-58-54-50-44-39-35-31-27-23-19-15-11-7-3)82-102-89(94)76-72-68-64-60-56-52-49-46-43-41-38-34-30-26-22-18-14-10-6-2/h9,11-13,15-16,21-28,33-39,42-43,45-47,50-51,54-55,57,61-63,66-67,85-87,92H,5-8,10,14,17-20,29-32,40-41,44,48-49,52-53,56,58-60,64-65,68-84H2,1-4H3,(H,97,98)(H,99,100)/b13-9-,15-11-,16-12-,25-21-,26-22-,27-23-,28-24-,37-33-,38-34-,39-35-,45-42-,46-43-,47-36-,54-50-,55-51-,61-57-,66-62-,67-63-. The molecule has 0 spiro atoms.